The number of carbonyl (C=O) groups is 2. The monoisotopic (exact) mass is 423 g/mol. The Bertz CT molecular complexity index is 960. The zero-order valence-corrected chi connectivity index (χ0v) is 18.4. The van der Waals surface area contributed by atoms with E-state index in [1.807, 2.05) is 31.2 Å². The molecule has 1 amide bonds. The molecule has 0 bridgehead atoms. The lowest BCUT2D eigenvalue weighted by Crippen LogP contribution is -2.30. The number of carbonyl (C=O) groups excluding carboxylic acids is 2. The van der Waals surface area contributed by atoms with Gasteiger partial charge in [0.25, 0.3) is 11.7 Å². The number of hydrogen-bond acceptors (Lipinski definition) is 5. The van der Waals surface area contributed by atoms with Crippen LogP contribution in [-0.2, 0) is 9.59 Å². The normalized spacial score (nSPS) is 18.0. The van der Waals surface area contributed by atoms with Crippen LogP contribution in [0.5, 0.6) is 11.5 Å². The van der Waals surface area contributed by atoms with Crippen LogP contribution < -0.4 is 9.47 Å². The molecular formula is C25H29NO5. The standard InChI is InChI=1S/C25H29NO5/c1-5-14-26-22(17-6-12-20(13-7-17)31-15-16(2)3)21(24(28)25(26)29)23(27)18-8-10-19(30-4)11-9-18/h6-13,16,22,27H,5,14-15H2,1-4H3/b23-21-. The molecule has 1 N–H and O–H groups in total. The summed E-state index contributed by atoms with van der Waals surface area (Å²) in [5.74, 6) is 0.302. The zero-order chi connectivity index (χ0) is 22.5. The Morgan fingerprint density at radius 3 is 2.19 bits per heavy atom. The number of aliphatic hydroxyl groups excluding tert-OH is 1. The second-order valence-corrected chi connectivity index (χ2v) is 7.99. The summed E-state index contributed by atoms with van der Waals surface area (Å²) in [6, 6.07) is 13.4. The molecular weight excluding hydrogens is 394 g/mol. The summed E-state index contributed by atoms with van der Waals surface area (Å²) < 4.78 is 10.9. The van der Waals surface area contributed by atoms with Crippen LogP contribution in [0, 0.1) is 5.92 Å². The maximum absolute atomic E-state index is 12.9. The SMILES string of the molecule is CCCN1C(=O)C(=O)/C(=C(\O)c2ccc(OC)cc2)C1c1ccc(OCC(C)C)cc1. The number of ketones is 1. The lowest BCUT2D eigenvalue weighted by atomic mass is 9.95. The van der Waals surface area contributed by atoms with E-state index in [1.165, 1.54) is 4.90 Å². The molecule has 1 aliphatic rings. The van der Waals surface area contributed by atoms with Gasteiger partial charge >= 0.3 is 0 Å². The summed E-state index contributed by atoms with van der Waals surface area (Å²) in [6.45, 7) is 7.12. The van der Waals surface area contributed by atoms with Gasteiger partial charge in [-0.25, -0.2) is 0 Å². The predicted molar refractivity (Wildman–Crippen MR) is 119 cm³/mol. The first-order valence-electron chi connectivity index (χ1n) is 10.5. The number of amides is 1. The van der Waals surface area contributed by atoms with Gasteiger partial charge < -0.3 is 19.5 Å². The van der Waals surface area contributed by atoms with Crippen LogP contribution in [0.3, 0.4) is 0 Å². The molecule has 2 aromatic carbocycles. The van der Waals surface area contributed by atoms with Gasteiger partial charge in [0.15, 0.2) is 0 Å². The lowest BCUT2D eigenvalue weighted by molar-refractivity contribution is -0.139. The highest BCUT2D eigenvalue weighted by atomic mass is 16.5. The van der Waals surface area contributed by atoms with Crippen molar-refractivity contribution in [1.29, 1.82) is 0 Å². The fourth-order valence-electron chi connectivity index (χ4n) is 3.61. The maximum Gasteiger partial charge on any atom is 0.295 e. The number of aliphatic hydroxyl groups is 1. The average Bonchev–Trinajstić information content (AvgIpc) is 3.03. The molecule has 31 heavy (non-hydrogen) atoms. The molecule has 1 fully saturated rings. The third kappa shape index (κ3) is 4.74. The van der Waals surface area contributed by atoms with Gasteiger partial charge in [0, 0.05) is 12.1 Å². The Hall–Kier alpha value is -3.28. The summed E-state index contributed by atoms with van der Waals surface area (Å²) in [4.78, 5) is 27.2. The highest BCUT2D eigenvalue weighted by Crippen LogP contribution is 2.40. The van der Waals surface area contributed by atoms with Crippen molar-refractivity contribution in [2.75, 3.05) is 20.3 Å². The maximum atomic E-state index is 12.9. The molecule has 2 aromatic rings. The van der Waals surface area contributed by atoms with Gasteiger partial charge in [0.05, 0.1) is 25.3 Å². The number of methoxy groups -OCH3 is 1. The third-order valence-corrected chi connectivity index (χ3v) is 5.15. The van der Waals surface area contributed by atoms with Crippen molar-refractivity contribution in [3.63, 3.8) is 0 Å². The molecule has 6 heteroatoms. The fourth-order valence-corrected chi connectivity index (χ4v) is 3.61. The van der Waals surface area contributed by atoms with E-state index in [4.69, 9.17) is 9.47 Å². The number of nitrogens with zero attached hydrogens (tertiary/aromatic N) is 1. The van der Waals surface area contributed by atoms with Crippen LogP contribution in [0.4, 0.5) is 0 Å². The summed E-state index contributed by atoms with van der Waals surface area (Å²) in [7, 11) is 1.56. The van der Waals surface area contributed by atoms with Crippen molar-refractivity contribution in [2.24, 2.45) is 5.92 Å². The van der Waals surface area contributed by atoms with Crippen molar-refractivity contribution >= 4 is 17.4 Å². The molecule has 3 rings (SSSR count). The van der Waals surface area contributed by atoms with Crippen molar-refractivity contribution in [3.05, 3.63) is 65.2 Å². The summed E-state index contributed by atoms with van der Waals surface area (Å²) >= 11 is 0. The van der Waals surface area contributed by atoms with Gasteiger partial charge in [-0.15, -0.1) is 0 Å². The minimum absolute atomic E-state index is 0.0967. The number of ether oxygens (including phenoxy) is 2. The van der Waals surface area contributed by atoms with E-state index >= 15 is 0 Å². The van der Waals surface area contributed by atoms with Gasteiger partial charge in [0.2, 0.25) is 0 Å². The largest absolute Gasteiger partial charge is 0.507 e. The third-order valence-electron chi connectivity index (χ3n) is 5.15. The highest BCUT2D eigenvalue weighted by Gasteiger charge is 2.45. The molecule has 1 heterocycles. The molecule has 1 atom stereocenters. The van der Waals surface area contributed by atoms with Gasteiger partial charge in [-0.05, 0) is 54.3 Å². The quantitative estimate of drug-likeness (QED) is 0.383. The Morgan fingerprint density at radius 2 is 1.65 bits per heavy atom. The van der Waals surface area contributed by atoms with Gasteiger partial charge in [-0.2, -0.15) is 0 Å². The van der Waals surface area contributed by atoms with Crippen LogP contribution >= 0.6 is 0 Å². The number of benzene rings is 2. The summed E-state index contributed by atoms with van der Waals surface area (Å²) in [6.07, 6.45) is 0.696. The molecule has 0 radical (unpaired) electrons. The molecule has 6 nitrogen and oxygen atoms in total. The van der Waals surface area contributed by atoms with Crippen molar-refractivity contribution < 1.29 is 24.2 Å². The molecule has 0 aromatic heterocycles. The van der Waals surface area contributed by atoms with Gasteiger partial charge in [-0.1, -0.05) is 32.9 Å². The minimum atomic E-state index is -0.674. The second kappa shape index (κ2) is 9.69. The Labute approximate surface area is 183 Å². The van der Waals surface area contributed by atoms with E-state index in [-0.39, 0.29) is 11.3 Å². The smallest absolute Gasteiger partial charge is 0.295 e. The second-order valence-electron chi connectivity index (χ2n) is 7.99. The van der Waals surface area contributed by atoms with E-state index in [1.54, 1.807) is 31.4 Å². The molecule has 164 valence electrons. The van der Waals surface area contributed by atoms with E-state index in [2.05, 4.69) is 13.8 Å². The molecule has 1 saturated heterocycles. The van der Waals surface area contributed by atoms with E-state index in [9.17, 15) is 14.7 Å². The first-order valence-corrected chi connectivity index (χ1v) is 10.5. The molecule has 0 aliphatic carbocycles. The predicted octanol–water partition coefficient (Wildman–Crippen LogP) is 4.56. The van der Waals surface area contributed by atoms with E-state index in [0.29, 0.717) is 36.8 Å². The van der Waals surface area contributed by atoms with Crippen LogP contribution in [-0.4, -0.2) is 42.0 Å². The van der Waals surface area contributed by atoms with E-state index < -0.39 is 17.7 Å². The first kappa shape index (κ1) is 22.4. The number of likely N-dealkylation sites (tertiary alicyclic amines) is 1. The topological polar surface area (TPSA) is 76.1 Å². The molecule has 1 aliphatic heterocycles. The summed E-state index contributed by atoms with van der Waals surface area (Å²) in [5, 5.41) is 11.0. The van der Waals surface area contributed by atoms with Crippen molar-refractivity contribution in [2.45, 2.75) is 33.2 Å². The Morgan fingerprint density at radius 1 is 1.03 bits per heavy atom. The first-order chi connectivity index (χ1) is 14.9. The van der Waals surface area contributed by atoms with Crippen LogP contribution in [0.2, 0.25) is 0 Å². The number of hydrogen-bond donors (Lipinski definition) is 1. The Kier molecular flexibility index (Phi) is 7.00. The number of rotatable bonds is 8. The Balaban J connectivity index is 2.03. The van der Waals surface area contributed by atoms with Crippen LogP contribution in [0.25, 0.3) is 5.76 Å². The minimum Gasteiger partial charge on any atom is -0.507 e. The molecule has 0 saturated carbocycles. The lowest BCUT2D eigenvalue weighted by Gasteiger charge is -2.25. The van der Waals surface area contributed by atoms with Crippen LogP contribution in [0.15, 0.2) is 54.1 Å². The average molecular weight is 424 g/mol. The van der Waals surface area contributed by atoms with Crippen molar-refractivity contribution in [1.82, 2.24) is 4.90 Å². The summed E-state index contributed by atoms with van der Waals surface area (Å²) in [5.41, 5.74) is 1.30. The molecule has 1 unspecified atom stereocenters. The van der Waals surface area contributed by atoms with Gasteiger partial charge in [-0.3, -0.25) is 9.59 Å². The molecule has 0 spiro atoms. The number of Topliss-reactive ketones (excluding diaryl/α,β-unsaturated/α-hetero) is 1. The van der Waals surface area contributed by atoms with Crippen LogP contribution in [0.1, 0.15) is 44.4 Å². The van der Waals surface area contributed by atoms with Gasteiger partial charge in [0.1, 0.15) is 17.3 Å². The fraction of sp³-hybridized carbons (Fsp3) is 0.360. The highest BCUT2D eigenvalue weighted by molar-refractivity contribution is 6.46. The zero-order valence-electron chi connectivity index (χ0n) is 18.4. The van der Waals surface area contributed by atoms with E-state index in [0.717, 1.165) is 11.3 Å². The van der Waals surface area contributed by atoms with Crippen molar-refractivity contribution in [3.8, 4) is 11.5 Å².